The largest absolute Gasteiger partial charge is 0.483 e. The summed E-state index contributed by atoms with van der Waals surface area (Å²) in [7, 11) is 0. The second-order valence-electron chi connectivity index (χ2n) is 8.77. The van der Waals surface area contributed by atoms with Gasteiger partial charge in [0, 0.05) is 37.3 Å². The van der Waals surface area contributed by atoms with Gasteiger partial charge in [0.2, 0.25) is 5.91 Å². The van der Waals surface area contributed by atoms with E-state index in [4.69, 9.17) is 28.6 Å². The molecular formula is C29H29ClN4O3S. The topological polar surface area (TPSA) is 73.9 Å². The van der Waals surface area contributed by atoms with Crippen molar-refractivity contribution in [3.8, 4) is 5.75 Å². The number of aryl methyl sites for hydroxylation is 1. The maximum atomic E-state index is 12.7. The Labute approximate surface area is 233 Å². The highest BCUT2D eigenvalue weighted by Crippen LogP contribution is 2.30. The van der Waals surface area contributed by atoms with Gasteiger partial charge < -0.3 is 19.9 Å². The molecule has 0 unspecified atom stereocenters. The van der Waals surface area contributed by atoms with Crippen molar-refractivity contribution in [2.45, 2.75) is 6.92 Å². The maximum absolute atomic E-state index is 12.7. The number of para-hydroxylation sites is 1. The SMILES string of the molecule is Cc1ccccc1OCC(=O)NC(=S)Nc1cc(Cl)ccc1N1CCN(C(=O)/C=C/c2ccccc2)CC1. The summed E-state index contributed by atoms with van der Waals surface area (Å²) in [5, 5.41) is 6.42. The molecule has 1 aliphatic heterocycles. The number of ether oxygens (including phenoxy) is 1. The van der Waals surface area contributed by atoms with Crippen LogP contribution in [-0.4, -0.2) is 54.6 Å². The molecule has 0 radical (unpaired) electrons. The predicted molar refractivity (Wildman–Crippen MR) is 157 cm³/mol. The number of piperazine rings is 1. The third kappa shape index (κ3) is 7.57. The van der Waals surface area contributed by atoms with Crippen molar-refractivity contribution in [3.63, 3.8) is 0 Å². The summed E-state index contributed by atoms with van der Waals surface area (Å²) in [5.41, 5.74) is 3.49. The van der Waals surface area contributed by atoms with Crippen molar-refractivity contribution in [2.75, 3.05) is 43.0 Å². The molecular weight excluding hydrogens is 520 g/mol. The highest BCUT2D eigenvalue weighted by Gasteiger charge is 2.22. The summed E-state index contributed by atoms with van der Waals surface area (Å²) < 4.78 is 5.59. The van der Waals surface area contributed by atoms with Crippen molar-refractivity contribution < 1.29 is 14.3 Å². The first-order valence-corrected chi connectivity index (χ1v) is 13.0. The lowest BCUT2D eigenvalue weighted by molar-refractivity contribution is -0.126. The molecule has 1 heterocycles. The fourth-order valence-corrected chi connectivity index (χ4v) is 4.46. The fraction of sp³-hybridized carbons (Fsp3) is 0.207. The van der Waals surface area contributed by atoms with E-state index in [1.54, 1.807) is 18.2 Å². The Hall–Kier alpha value is -3.88. The van der Waals surface area contributed by atoms with E-state index in [1.807, 2.05) is 78.6 Å². The molecule has 0 atom stereocenters. The van der Waals surface area contributed by atoms with E-state index in [9.17, 15) is 9.59 Å². The highest BCUT2D eigenvalue weighted by atomic mass is 35.5. The summed E-state index contributed by atoms with van der Waals surface area (Å²) in [6, 6.07) is 22.7. The first-order valence-electron chi connectivity index (χ1n) is 12.2. The molecule has 2 N–H and O–H groups in total. The van der Waals surface area contributed by atoms with Crippen LogP contribution in [0.4, 0.5) is 11.4 Å². The van der Waals surface area contributed by atoms with Crippen LogP contribution in [-0.2, 0) is 9.59 Å². The Balaban J connectivity index is 1.32. The van der Waals surface area contributed by atoms with Crippen LogP contribution in [0.5, 0.6) is 5.75 Å². The second-order valence-corrected chi connectivity index (χ2v) is 9.62. The van der Waals surface area contributed by atoms with Crippen LogP contribution in [0.3, 0.4) is 0 Å². The average molecular weight is 549 g/mol. The molecule has 9 heteroatoms. The number of anilines is 2. The van der Waals surface area contributed by atoms with Crippen molar-refractivity contribution in [2.24, 2.45) is 0 Å². The number of carbonyl (C=O) groups is 2. The Kier molecular flexibility index (Phi) is 9.35. The second kappa shape index (κ2) is 13.1. The Morgan fingerprint density at radius 1 is 1.00 bits per heavy atom. The van der Waals surface area contributed by atoms with Gasteiger partial charge in [-0.15, -0.1) is 0 Å². The third-order valence-electron chi connectivity index (χ3n) is 6.06. The van der Waals surface area contributed by atoms with Gasteiger partial charge in [-0.2, -0.15) is 0 Å². The standard InChI is InChI=1S/C29H29ClN4O3S/c1-21-7-5-6-10-26(21)37-20-27(35)32-29(38)31-24-19-23(30)12-13-25(24)33-15-17-34(18-16-33)28(36)14-11-22-8-3-2-4-9-22/h2-14,19H,15-18,20H2,1H3,(H2,31,32,35,38)/b14-11+. The van der Waals surface area contributed by atoms with E-state index >= 15 is 0 Å². The van der Waals surface area contributed by atoms with Gasteiger partial charge >= 0.3 is 0 Å². The molecule has 1 aliphatic rings. The van der Waals surface area contributed by atoms with Gasteiger partial charge in [-0.05, 0) is 60.6 Å². The number of carbonyl (C=O) groups excluding carboxylic acids is 2. The number of rotatable bonds is 7. The zero-order valence-corrected chi connectivity index (χ0v) is 22.6. The molecule has 0 bridgehead atoms. The normalized spacial score (nSPS) is 13.3. The number of nitrogens with zero attached hydrogens (tertiary/aromatic N) is 2. The van der Waals surface area contributed by atoms with Gasteiger partial charge in [0.05, 0.1) is 11.4 Å². The van der Waals surface area contributed by atoms with Crippen LogP contribution in [0.1, 0.15) is 11.1 Å². The number of amides is 2. The molecule has 2 amide bonds. The molecule has 1 saturated heterocycles. The summed E-state index contributed by atoms with van der Waals surface area (Å²) in [6.07, 6.45) is 3.45. The zero-order chi connectivity index (χ0) is 26.9. The van der Waals surface area contributed by atoms with Crippen LogP contribution in [0.25, 0.3) is 6.08 Å². The number of thiocarbonyl (C=S) groups is 1. The van der Waals surface area contributed by atoms with Crippen LogP contribution < -0.4 is 20.3 Å². The lowest BCUT2D eigenvalue weighted by Gasteiger charge is -2.36. The van der Waals surface area contributed by atoms with Gasteiger partial charge in [-0.1, -0.05) is 60.1 Å². The highest BCUT2D eigenvalue weighted by molar-refractivity contribution is 7.80. The molecule has 38 heavy (non-hydrogen) atoms. The van der Waals surface area contributed by atoms with Crippen LogP contribution in [0.2, 0.25) is 5.02 Å². The molecule has 0 saturated carbocycles. The number of hydrogen-bond donors (Lipinski definition) is 2. The van der Waals surface area contributed by atoms with E-state index in [2.05, 4.69) is 15.5 Å². The lowest BCUT2D eigenvalue weighted by Crippen LogP contribution is -2.48. The van der Waals surface area contributed by atoms with Gasteiger partial charge in [-0.25, -0.2) is 0 Å². The third-order valence-corrected chi connectivity index (χ3v) is 6.50. The summed E-state index contributed by atoms with van der Waals surface area (Å²) >= 11 is 11.6. The Morgan fingerprint density at radius 3 is 2.45 bits per heavy atom. The number of nitrogens with one attached hydrogen (secondary N) is 2. The van der Waals surface area contributed by atoms with E-state index < -0.39 is 0 Å². The van der Waals surface area contributed by atoms with Crippen LogP contribution in [0.15, 0.2) is 78.9 Å². The number of hydrogen-bond acceptors (Lipinski definition) is 5. The van der Waals surface area contributed by atoms with Crippen LogP contribution >= 0.6 is 23.8 Å². The van der Waals surface area contributed by atoms with Crippen molar-refractivity contribution >= 4 is 58.2 Å². The van der Waals surface area contributed by atoms with Crippen molar-refractivity contribution in [1.29, 1.82) is 0 Å². The summed E-state index contributed by atoms with van der Waals surface area (Å²) in [4.78, 5) is 29.0. The Bertz CT molecular complexity index is 1320. The molecule has 196 valence electrons. The van der Waals surface area contributed by atoms with Crippen molar-refractivity contribution in [3.05, 3.63) is 95.0 Å². The minimum atomic E-state index is -0.370. The smallest absolute Gasteiger partial charge is 0.264 e. The van der Waals surface area contributed by atoms with Gasteiger partial charge in [0.25, 0.3) is 5.91 Å². The number of benzene rings is 3. The quantitative estimate of drug-likeness (QED) is 0.323. The molecule has 3 aromatic carbocycles. The monoisotopic (exact) mass is 548 g/mol. The molecule has 1 fully saturated rings. The maximum Gasteiger partial charge on any atom is 0.264 e. The van der Waals surface area contributed by atoms with Crippen molar-refractivity contribution in [1.82, 2.24) is 10.2 Å². The lowest BCUT2D eigenvalue weighted by atomic mass is 10.2. The molecule has 0 spiro atoms. The van der Waals surface area contributed by atoms with Crippen LogP contribution in [0, 0.1) is 6.92 Å². The first kappa shape index (κ1) is 27.2. The first-order chi connectivity index (χ1) is 18.4. The minimum Gasteiger partial charge on any atom is -0.483 e. The van der Waals surface area contributed by atoms with E-state index in [1.165, 1.54) is 0 Å². The molecule has 0 aromatic heterocycles. The fourth-order valence-electron chi connectivity index (χ4n) is 4.07. The average Bonchev–Trinajstić information content (AvgIpc) is 2.92. The van der Waals surface area contributed by atoms with Gasteiger partial charge in [0.1, 0.15) is 5.75 Å². The Morgan fingerprint density at radius 2 is 1.71 bits per heavy atom. The molecule has 0 aliphatic carbocycles. The molecule has 7 nitrogen and oxygen atoms in total. The molecule has 4 rings (SSSR count). The predicted octanol–water partition coefficient (Wildman–Crippen LogP) is 4.90. The zero-order valence-electron chi connectivity index (χ0n) is 21.0. The molecule has 3 aromatic rings. The summed E-state index contributed by atoms with van der Waals surface area (Å²) in [6.45, 7) is 4.20. The van der Waals surface area contributed by atoms with E-state index in [-0.39, 0.29) is 23.5 Å². The van der Waals surface area contributed by atoms with E-state index in [0.717, 1.165) is 16.8 Å². The minimum absolute atomic E-state index is 0.0141. The summed E-state index contributed by atoms with van der Waals surface area (Å²) in [5.74, 6) is 0.261. The van der Waals surface area contributed by atoms with Gasteiger partial charge in [0.15, 0.2) is 11.7 Å². The van der Waals surface area contributed by atoms with Gasteiger partial charge in [-0.3, -0.25) is 14.9 Å². The van der Waals surface area contributed by atoms with E-state index in [0.29, 0.717) is 42.6 Å². The number of halogens is 1.